The lowest BCUT2D eigenvalue weighted by atomic mass is 10.1. The van der Waals surface area contributed by atoms with Gasteiger partial charge in [-0.25, -0.2) is 4.98 Å². The van der Waals surface area contributed by atoms with E-state index in [1.807, 2.05) is 32.0 Å². The van der Waals surface area contributed by atoms with E-state index in [2.05, 4.69) is 27.4 Å². The van der Waals surface area contributed by atoms with Gasteiger partial charge in [0.05, 0.1) is 5.69 Å². The Morgan fingerprint density at radius 2 is 2.08 bits per heavy atom. The molecule has 0 unspecified atom stereocenters. The maximum atomic E-state index is 12.3. The summed E-state index contributed by atoms with van der Waals surface area (Å²) in [5.41, 5.74) is 4.65. The average Bonchev–Trinajstić information content (AvgIpc) is 3.18. The molecule has 3 aromatic rings. The number of ether oxygens (including phenoxy) is 1. The SMILES string of the molecule is Cc1ccc(OCc2nc(C)c(C(=O)Nc3nncs3)s2)cc1C. The number of aryl methyl sites for hydroxylation is 3. The molecule has 0 aliphatic rings. The standard InChI is InChI=1S/C16H16N4O2S2/c1-9-4-5-12(6-10(9)2)22-7-13-18-11(3)14(24-13)15(21)19-16-20-17-8-23-16/h4-6,8H,7H2,1-3H3,(H,19,20,21). The van der Waals surface area contributed by atoms with Gasteiger partial charge < -0.3 is 4.74 Å². The minimum atomic E-state index is -0.223. The van der Waals surface area contributed by atoms with Crippen LogP contribution in [-0.4, -0.2) is 21.1 Å². The van der Waals surface area contributed by atoms with Gasteiger partial charge in [0.25, 0.3) is 5.91 Å². The van der Waals surface area contributed by atoms with Gasteiger partial charge in [0, 0.05) is 0 Å². The third kappa shape index (κ3) is 3.77. The molecule has 2 aromatic heterocycles. The predicted molar refractivity (Wildman–Crippen MR) is 95.0 cm³/mol. The van der Waals surface area contributed by atoms with Crippen molar-refractivity contribution in [2.45, 2.75) is 27.4 Å². The fourth-order valence-corrected chi connectivity index (χ4v) is 3.37. The number of anilines is 1. The molecule has 1 aromatic carbocycles. The molecule has 3 rings (SSSR count). The van der Waals surface area contributed by atoms with E-state index in [1.54, 1.807) is 5.51 Å². The van der Waals surface area contributed by atoms with E-state index in [0.29, 0.717) is 22.3 Å². The second-order valence-electron chi connectivity index (χ2n) is 5.25. The van der Waals surface area contributed by atoms with E-state index in [-0.39, 0.29) is 5.91 Å². The molecule has 0 aliphatic carbocycles. The Bertz CT molecular complexity index is 859. The third-order valence-corrected chi connectivity index (χ3v) is 5.20. The Kier molecular flexibility index (Phi) is 4.86. The van der Waals surface area contributed by atoms with Crippen LogP contribution in [0.2, 0.25) is 0 Å². The summed E-state index contributed by atoms with van der Waals surface area (Å²) in [5, 5.41) is 11.4. The summed E-state index contributed by atoms with van der Waals surface area (Å²) in [5.74, 6) is 0.574. The van der Waals surface area contributed by atoms with Gasteiger partial charge in [-0.1, -0.05) is 17.4 Å². The van der Waals surface area contributed by atoms with Crippen LogP contribution < -0.4 is 10.1 Å². The quantitative estimate of drug-likeness (QED) is 0.750. The highest BCUT2D eigenvalue weighted by molar-refractivity contribution is 7.15. The van der Waals surface area contributed by atoms with Crippen LogP contribution in [0.15, 0.2) is 23.7 Å². The van der Waals surface area contributed by atoms with Crippen molar-refractivity contribution in [1.82, 2.24) is 15.2 Å². The fraction of sp³-hybridized carbons (Fsp3) is 0.250. The summed E-state index contributed by atoms with van der Waals surface area (Å²) in [4.78, 5) is 17.2. The van der Waals surface area contributed by atoms with Crippen LogP contribution in [0.25, 0.3) is 0 Å². The summed E-state index contributed by atoms with van der Waals surface area (Å²) in [6, 6.07) is 5.96. The molecular formula is C16H16N4O2S2. The minimum Gasteiger partial charge on any atom is -0.486 e. The first kappa shape index (κ1) is 16.5. The molecular weight excluding hydrogens is 344 g/mol. The van der Waals surface area contributed by atoms with Crippen LogP contribution in [0.4, 0.5) is 5.13 Å². The monoisotopic (exact) mass is 360 g/mol. The van der Waals surface area contributed by atoms with Crippen LogP contribution in [-0.2, 0) is 6.61 Å². The van der Waals surface area contributed by atoms with Crippen molar-refractivity contribution in [2.24, 2.45) is 0 Å². The van der Waals surface area contributed by atoms with Gasteiger partial charge in [-0.2, -0.15) is 0 Å². The van der Waals surface area contributed by atoms with Crippen molar-refractivity contribution in [3.63, 3.8) is 0 Å². The summed E-state index contributed by atoms with van der Waals surface area (Å²) >= 11 is 2.60. The lowest BCUT2D eigenvalue weighted by Crippen LogP contribution is -2.11. The first-order chi connectivity index (χ1) is 11.5. The van der Waals surface area contributed by atoms with Gasteiger partial charge in [-0.3, -0.25) is 10.1 Å². The smallest absolute Gasteiger partial charge is 0.269 e. The van der Waals surface area contributed by atoms with E-state index in [1.165, 1.54) is 33.8 Å². The highest BCUT2D eigenvalue weighted by Gasteiger charge is 2.16. The number of nitrogens with zero attached hydrogens (tertiary/aromatic N) is 3. The Balaban J connectivity index is 1.67. The van der Waals surface area contributed by atoms with Crippen LogP contribution in [0, 0.1) is 20.8 Å². The zero-order valence-corrected chi connectivity index (χ0v) is 15.1. The number of nitrogens with one attached hydrogen (secondary N) is 1. The first-order valence-corrected chi connectivity index (χ1v) is 8.96. The molecule has 8 heteroatoms. The molecule has 0 saturated heterocycles. The molecule has 0 spiro atoms. The second-order valence-corrected chi connectivity index (χ2v) is 7.17. The molecule has 2 heterocycles. The molecule has 124 valence electrons. The molecule has 24 heavy (non-hydrogen) atoms. The van der Waals surface area contributed by atoms with E-state index in [9.17, 15) is 4.79 Å². The summed E-state index contributed by atoms with van der Waals surface area (Å²) in [7, 11) is 0. The van der Waals surface area contributed by atoms with Crippen molar-refractivity contribution in [2.75, 3.05) is 5.32 Å². The number of aromatic nitrogens is 3. The maximum absolute atomic E-state index is 12.3. The average molecular weight is 360 g/mol. The van der Waals surface area contributed by atoms with Gasteiger partial charge in [0.15, 0.2) is 0 Å². The summed E-state index contributed by atoms with van der Waals surface area (Å²) in [6.07, 6.45) is 0. The molecule has 0 saturated carbocycles. The number of rotatable bonds is 5. The molecule has 6 nitrogen and oxygen atoms in total. The Hall–Kier alpha value is -2.32. The van der Waals surface area contributed by atoms with Gasteiger partial charge in [-0.05, 0) is 44.0 Å². The Labute approximate surface area is 147 Å². The van der Waals surface area contributed by atoms with E-state index in [4.69, 9.17) is 4.74 Å². The molecule has 1 N–H and O–H groups in total. The number of hydrogen-bond donors (Lipinski definition) is 1. The third-order valence-electron chi connectivity index (χ3n) is 3.47. The van der Waals surface area contributed by atoms with E-state index in [0.717, 1.165) is 10.8 Å². The maximum Gasteiger partial charge on any atom is 0.269 e. The van der Waals surface area contributed by atoms with Gasteiger partial charge in [0.1, 0.15) is 27.8 Å². The number of carbonyl (C=O) groups excluding carboxylic acids is 1. The first-order valence-electron chi connectivity index (χ1n) is 7.27. The number of thiazole rings is 1. The summed E-state index contributed by atoms with van der Waals surface area (Å²) < 4.78 is 5.78. The molecule has 0 radical (unpaired) electrons. The number of benzene rings is 1. The van der Waals surface area contributed by atoms with E-state index >= 15 is 0 Å². The normalized spacial score (nSPS) is 10.6. The van der Waals surface area contributed by atoms with Crippen molar-refractivity contribution >= 4 is 33.7 Å². The molecule has 0 atom stereocenters. The number of carbonyl (C=O) groups is 1. The Morgan fingerprint density at radius 1 is 1.25 bits per heavy atom. The van der Waals surface area contributed by atoms with Crippen LogP contribution >= 0.6 is 22.7 Å². The van der Waals surface area contributed by atoms with Crippen molar-refractivity contribution in [3.8, 4) is 5.75 Å². The van der Waals surface area contributed by atoms with Crippen molar-refractivity contribution in [3.05, 3.63) is 50.4 Å². The predicted octanol–water partition coefficient (Wildman–Crippen LogP) is 3.75. The van der Waals surface area contributed by atoms with E-state index < -0.39 is 0 Å². The highest BCUT2D eigenvalue weighted by Crippen LogP contribution is 2.23. The largest absolute Gasteiger partial charge is 0.486 e. The van der Waals surface area contributed by atoms with Crippen molar-refractivity contribution < 1.29 is 9.53 Å². The zero-order valence-electron chi connectivity index (χ0n) is 13.5. The van der Waals surface area contributed by atoms with Crippen LogP contribution in [0.3, 0.4) is 0 Å². The number of amides is 1. The van der Waals surface area contributed by atoms with Crippen molar-refractivity contribution in [1.29, 1.82) is 0 Å². The summed E-state index contributed by atoms with van der Waals surface area (Å²) in [6.45, 7) is 6.25. The zero-order chi connectivity index (χ0) is 17.1. The van der Waals surface area contributed by atoms with Crippen LogP contribution in [0.1, 0.15) is 31.5 Å². The lowest BCUT2D eigenvalue weighted by Gasteiger charge is -2.06. The molecule has 0 fully saturated rings. The fourth-order valence-electron chi connectivity index (χ4n) is 2.05. The highest BCUT2D eigenvalue weighted by atomic mass is 32.1. The lowest BCUT2D eigenvalue weighted by molar-refractivity contribution is 0.102. The van der Waals surface area contributed by atoms with Gasteiger partial charge >= 0.3 is 0 Å². The van der Waals surface area contributed by atoms with Crippen LogP contribution in [0.5, 0.6) is 5.75 Å². The molecule has 0 bridgehead atoms. The van der Waals surface area contributed by atoms with Gasteiger partial charge in [-0.15, -0.1) is 21.5 Å². The number of hydrogen-bond acceptors (Lipinski definition) is 7. The second kappa shape index (κ2) is 7.06. The minimum absolute atomic E-state index is 0.223. The topological polar surface area (TPSA) is 77.0 Å². The Morgan fingerprint density at radius 3 is 2.79 bits per heavy atom. The molecule has 1 amide bonds. The molecule has 0 aliphatic heterocycles. The van der Waals surface area contributed by atoms with Gasteiger partial charge in [0.2, 0.25) is 5.13 Å².